The molecule has 2 rings (SSSR count). The summed E-state index contributed by atoms with van der Waals surface area (Å²) >= 11 is 2.00. The van der Waals surface area contributed by atoms with Crippen LogP contribution in [0.4, 0.5) is 4.39 Å². The molecule has 94 valence electrons. The van der Waals surface area contributed by atoms with E-state index in [0.29, 0.717) is 11.3 Å². The van der Waals surface area contributed by atoms with Gasteiger partial charge in [0.25, 0.3) is 0 Å². The molecule has 0 amide bonds. The van der Waals surface area contributed by atoms with Crippen LogP contribution in [0.1, 0.15) is 25.3 Å². The molecule has 1 heterocycles. The van der Waals surface area contributed by atoms with Gasteiger partial charge in [-0.1, -0.05) is 0 Å². The number of hydrogen-bond donors (Lipinski definition) is 2. The van der Waals surface area contributed by atoms with Crippen molar-refractivity contribution in [2.75, 3.05) is 12.3 Å². The van der Waals surface area contributed by atoms with Crippen molar-refractivity contribution in [2.45, 2.75) is 31.1 Å². The molecule has 17 heavy (non-hydrogen) atoms. The maximum atomic E-state index is 13.0. The summed E-state index contributed by atoms with van der Waals surface area (Å²) < 4.78 is 13.4. The van der Waals surface area contributed by atoms with Gasteiger partial charge >= 0.3 is 0 Å². The molecule has 1 atom stereocenters. The van der Waals surface area contributed by atoms with Gasteiger partial charge in [-0.15, -0.1) is 0 Å². The van der Waals surface area contributed by atoms with Crippen LogP contribution in [-0.4, -0.2) is 22.2 Å². The smallest absolute Gasteiger partial charge is 0.127 e. The van der Waals surface area contributed by atoms with Crippen molar-refractivity contribution < 1.29 is 9.50 Å². The summed E-state index contributed by atoms with van der Waals surface area (Å²) in [7, 11) is 0. The summed E-state index contributed by atoms with van der Waals surface area (Å²) in [6, 6.07) is 4.18. The Morgan fingerprint density at radius 1 is 1.47 bits per heavy atom. The van der Waals surface area contributed by atoms with E-state index in [0.717, 1.165) is 18.2 Å². The Hall–Kier alpha value is -0.740. The molecule has 1 unspecified atom stereocenters. The Bertz CT molecular complexity index is 371. The highest BCUT2D eigenvalue weighted by atomic mass is 32.2. The van der Waals surface area contributed by atoms with Crippen molar-refractivity contribution in [1.82, 2.24) is 5.32 Å². The van der Waals surface area contributed by atoms with E-state index in [1.54, 1.807) is 6.07 Å². The summed E-state index contributed by atoms with van der Waals surface area (Å²) in [5.74, 6) is 0.838. The summed E-state index contributed by atoms with van der Waals surface area (Å²) in [5.41, 5.74) is 0.786. The van der Waals surface area contributed by atoms with Gasteiger partial charge in [0.1, 0.15) is 11.6 Å². The van der Waals surface area contributed by atoms with Crippen LogP contribution >= 0.6 is 11.8 Å². The average molecular weight is 255 g/mol. The minimum absolute atomic E-state index is 0.0109. The topological polar surface area (TPSA) is 32.3 Å². The first kappa shape index (κ1) is 12.7. The zero-order valence-electron chi connectivity index (χ0n) is 10.0. The van der Waals surface area contributed by atoms with Gasteiger partial charge < -0.3 is 10.4 Å². The van der Waals surface area contributed by atoms with E-state index in [4.69, 9.17) is 0 Å². The molecule has 2 N–H and O–H groups in total. The van der Waals surface area contributed by atoms with Crippen molar-refractivity contribution in [3.05, 3.63) is 29.6 Å². The summed E-state index contributed by atoms with van der Waals surface area (Å²) in [4.78, 5) is 0. The highest BCUT2D eigenvalue weighted by Crippen LogP contribution is 2.36. The van der Waals surface area contributed by atoms with E-state index >= 15 is 0 Å². The van der Waals surface area contributed by atoms with Crippen molar-refractivity contribution in [3.63, 3.8) is 0 Å². The third-order valence-electron chi connectivity index (χ3n) is 3.07. The Morgan fingerprint density at radius 2 is 2.29 bits per heavy atom. The molecular weight excluding hydrogens is 237 g/mol. The molecule has 0 bridgehead atoms. The average Bonchev–Trinajstić information content (AvgIpc) is 2.64. The van der Waals surface area contributed by atoms with Crippen LogP contribution in [0.5, 0.6) is 5.75 Å². The molecular formula is C13H18FNOS. The Balaban J connectivity index is 1.85. The lowest BCUT2D eigenvalue weighted by atomic mass is 10.1. The third-order valence-corrected chi connectivity index (χ3v) is 4.61. The number of benzene rings is 1. The number of nitrogens with one attached hydrogen (secondary N) is 1. The zero-order chi connectivity index (χ0) is 12.3. The summed E-state index contributed by atoms with van der Waals surface area (Å²) in [6.45, 7) is 3.79. The molecule has 1 aliphatic heterocycles. The van der Waals surface area contributed by atoms with E-state index in [1.165, 1.54) is 24.7 Å². The van der Waals surface area contributed by atoms with Crippen molar-refractivity contribution >= 4 is 11.8 Å². The molecule has 1 aromatic rings. The second kappa shape index (κ2) is 5.27. The number of phenols is 1. The van der Waals surface area contributed by atoms with Gasteiger partial charge in [0.05, 0.1) is 0 Å². The van der Waals surface area contributed by atoms with E-state index < -0.39 is 0 Å². The first-order valence-corrected chi connectivity index (χ1v) is 6.89. The molecule has 1 aromatic carbocycles. The van der Waals surface area contributed by atoms with Gasteiger partial charge in [0, 0.05) is 23.9 Å². The number of rotatable bonds is 4. The van der Waals surface area contributed by atoms with Crippen LogP contribution in [0.25, 0.3) is 0 Å². The van der Waals surface area contributed by atoms with Gasteiger partial charge in [-0.2, -0.15) is 11.8 Å². The molecule has 0 aliphatic carbocycles. The standard InChI is InChI=1S/C13H18FNOS/c1-13(3-2-4-17-13)9-15-8-10-5-11(14)7-12(16)6-10/h5-7,15-16H,2-4,8-9H2,1H3. The van der Waals surface area contributed by atoms with Gasteiger partial charge in [-0.25, -0.2) is 4.39 Å². The minimum atomic E-state index is -0.386. The number of thioether (sulfide) groups is 1. The first-order chi connectivity index (χ1) is 8.07. The van der Waals surface area contributed by atoms with E-state index in [-0.39, 0.29) is 11.6 Å². The maximum Gasteiger partial charge on any atom is 0.127 e. The molecule has 0 aromatic heterocycles. The fourth-order valence-electron chi connectivity index (χ4n) is 2.18. The van der Waals surface area contributed by atoms with Crippen LogP contribution in [0.2, 0.25) is 0 Å². The van der Waals surface area contributed by atoms with Crippen molar-refractivity contribution in [2.24, 2.45) is 0 Å². The lowest BCUT2D eigenvalue weighted by Gasteiger charge is -2.23. The fourth-order valence-corrected chi connectivity index (χ4v) is 3.46. The highest BCUT2D eigenvalue weighted by Gasteiger charge is 2.28. The Morgan fingerprint density at radius 3 is 2.94 bits per heavy atom. The number of halogens is 1. The van der Waals surface area contributed by atoms with Crippen molar-refractivity contribution in [1.29, 1.82) is 0 Å². The van der Waals surface area contributed by atoms with Crippen LogP contribution in [0, 0.1) is 5.82 Å². The SMILES string of the molecule is CC1(CNCc2cc(O)cc(F)c2)CCCS1. The van der Waals surface area contributed by atoms with Crippen LogP contribution < -0.4 is 5.32 Å². The summed E-state index contributed by atoms with van der Waals surface area (Å²) in [6.07, 6.45) is 2.52. The third kappa shape index (κ3) is 3.61. The molecule has 0 radical (unpaired) electrons. The van der Waals surface area contributed by atoms with Gasteiger partial charge in [-0.05, 0) is 43.2 Å². The van der Waals surface area contributed by atoms with Crippen LogP contribution in [0.15, 0.2) is 18.2 Å². The lowest BCUT2D eigenvalue weighted by molar-refractivity contribution is 0.466. The van der Waals surface area contributed by atoms with Gasteiger partial charge in [-0.3, -0.25) is 0 Å². The van der Waals surface area contributed by atoms with Gasteiger partial charge in [0.15, 0.2) is 0 Å². The molecule has 1 fully saturated rings. The molecule has 1 aliphatic rings. The normalized spacial score (nSPS) is 24.1. The Labute approximate surface area is 106 Å². The second-order valence-corrected chi connectivity index (χ2v) is 6.51. The maximum absolute atomic E-state index is 13.0. The summed E-state index contributed by atoms with van der Waals surface area (Å²) in [5, 5.41) is 12.6. The van der Waals surface area contributed by atoms with E-state index in [1.807, 2.05) is 11.8 Å². The van der Waals surface area contributed by atoms with Crippen molar-refractivity contribution in [3.8, 4) is 5.75 Å². The van der Waals surface area contributed by atoms with Crippen LogP contribution in [0.3, 0.4) is 0 Å². The minimum Gasteiger partial charge on any atom is -0.508 e. The number of phenolic OH excluding ortho intramolecular Hbond substituents is 1. The van der Waals surface area contributed by atoms with Gasteiger partial charge in [0.2, 0.25) is 0 Å². The number of aromatic hydroxyl groups is 1. The highest BCUT2D eigenvalue weighted by molar-refractivity contribution is 8.00. The number of hydrogen-bond acceptors (Lipinski definition) is 3. The van der Waals surface area contributed by atoms with E-state index in [9.17, 15) is 9.50 Å². The lowest BCUT2D eigenvalue weighted by Crippen LogP contribution is -2.32. The predicted molar refractivity (Wildman–Crippen MR) is 69.9 cm³/mol. The van der Waals surface area contributed by atoms with E-state index in [2.05, 4.69) is 12.2 Å². The quantitative estimate of drug-likeness (QED) is 0.867. The molecule has 0 spiro atoms. The molecule has 1 saturated heterocycles. The fraction of sp³-hybridized carbons (Fsp3) is 0.538. The zero-order valence-corrected chi connectivity index (χ0v) is 10.8. The molecule has 0 saturated carbocycles. The Kier molecular flexibility index (Phi) is 3.94. The largest absolute Gasteiger partial charge is 0.508 e. The monoisotopic (exact) mass is 255 g/mol. The molecule has 4 heteroatoms. The van der Waals surface area contributed by atoms with Crippen LogP contribution in [-0.2, 0) is 6.54 Å². The second-order valence-electron chi connectivity index (χ2n) is 4.82. The first-order valence-electron chi connectivity index (χ1n) is 5.91. The predicted octanol–water partition coefficient (Wildman–Crippen LogP) is 2.91. The molecule has 2 nitrogen and oxygen atoms in total.